The van der Waals surface area contributed by atoms with Crippen LogP contribution in [0.25, 0.3) is 0 Å². The SMILES string of the molecule is CC(NC(=O)Cc1cc(F)c(F)cc1F)C(O)c1ccc(F)cc1. The minimum atomic E-state index is -1.34. The van der Waals surface area contributed by atoms with Crippen LogP contribution in [0.2, 0.25) is 0 Å². The molecule has 0 radical (unpaired) electrons. The lowest BCUT2D eigenvalue weighted by Crippen LogP contribution is -2.38. The van der Waals surface area contributed by atoms with Gasteiger partial charge >= 0.3 is 0 Å². The van der Waals surface area contributed by atoms with E-state index in [0.717, 1.165) is 0 Å². The predicted molar refractivity (Wildman–Crippen MR) is 79.0 cm³/mol. The Balaban J connectivity index is 2.01. The van der Waals surface area contributed by atoms with Gasteiger partial charge in [0.15, 0.2) is 11.6 Å². The Morgan fingerprint density at radius 2 is 1.62 bits per heavy atom. The van der Waals surface area contributed by atoms with Crippen LogP contribution in [0.3, 0.4) is 0 Å². The van der Waals surface area contributed by atoms with Crippen molar-refractivity contribution in [1.29, 1.82) is 0 Å². The smallest absolute Gasteiger partial charge is 0.224 e. The van der Waals surface area contributed by atoms with E-state index in [1.165, 1.54) is 31.2 Å². The summed E-state index contributed by atoms with van der Waals surface area (Å²) in [6.45, 7) is 1.51. The van der Waals surface area contributed by atoms with E-state index in [2.05, 4.69) is 5.32 Å². The Morgan fingerprint density at radius 3 is 2.25 bits per heavy atom. The molecule has 0 aliphatic rings. The van der Waals surface area contributed by atoms with Crippen LogP contribution in [-0.2, 0) is 11.2 Å². The molecule has 128 valence electrons. The zero-order valence-corrected chi connectivity index (χ0v) is 12.7. The molecule has 2 atom stereocenters. The maximum Gasteiger partial charge on any atom is 0.224 e. The monoisotopic (exact) mass is 341 g/mol. The normalized spacial score (nSPS) is 13.4. The van der Waals surface area contributed by atoms with E-state index < -0.39 is 47.7 Å². The Kier molecular flexibility index (Phi) is 5.56. The molecule has 2 unspecified atom stereocenters. The minimum Gasteiger partial charge on any atom is -0.386 e. The standard InChI is InChI=1S/C17H15F4NO2/c1-9(17(24)10-2-4-12(18)5-3-10)22-16(23)7-11-6-14(20)15(21)8-13(11)19/h2-6,8-9,17,24H,7H2,1H3,(H,22,23). The van der Waals surface area contributed by atoms with Gasteiger partial charge in [-0.1, -0.05) is 12.1 Å². The van der Waals surface area contributed by atoms with Crippen molar-refractivity contribution in [2.45, 2.75) is 25.5 Å². The number of benzene rings is 2. The minimum absolute atomic E-state index is 0.296. The number of aliphatic hydroxyl groups is 1. The fourth-order valence-electron chi connectivity index (χ4n) is 2.20. The highest BCUT2D eigenvalue weighted by molar-refractivity contribution is 5.79. The molecule has 24 heavy (non-hydrogen) atoms. The molecule has 2 N–H and O–H groups in total. The summed E-state index contributed by atoms with van der Waals surface area (Å²) >= 11 is 0. The molecule has 0 fully saturated rings. The first kappa shape index (κ1) is 17.9. The summed E-state index contributed by atoms with van der Waals surface area (Å²) in [5.74, 6) is -4.75. The average Bonchev–Trinajstić information content (AvgIpc) is 2.52. The summed E-state index contributed by atoms with van der Waals surface area (Å²) in [6.07, 6.45) is -1.62. The summed E-state index contributed by atoms with van der Waals surface area (Å²) in [6, 6.07) is 5.32. The fraction of sp³-hybridized carbons (Fsp3) is 0.235. The fourth-order valence-corrected chi connectivity index (χ4v) is 2.20. The Hall–Kier alpha value is -2.41. The molecule has 0 aliphatic carbocycles. The van der Waals surface area contributed by atoms with Crippen LogP contribution >= 0.6 is 0 Å². The summed E-state index contributed by atoms with van der Waals surface area (Å²) < 4.78 is 52.3. The van der Waals surface area contributed by atoms with Crippen molar-refractivity contribution in [3.8, 4) is 0 Å². The first-order chi connectivity index (χ1) is 11.3. The Bertz CT molecular complexity index is 734. The van der Waals surface area contributed by atoms with E-state index in [1.807, 2.05) is 0 Å². The molecule has 0 saturated heterocycles. The lowest BCUT2D eigenvalue weighted by molar-refractivity contribution is -0.121. The van der Waals surface area contributed by atoms with E-state index in [9.17, 15) is 27.5 Å². The van der Waals surface area contributed by atoms with Gasteiger partial charge in [0.05, 0.1) is 18.6 Å². The van der Waals surface area contributed by atoms with Crippen molar-refractivity contribution in [1.82, 2.24) is 5.32 Å². The van der Waals surface area contributed by atoms with Crippen molar-refractivity contribution in [2.75, 3.05) is 0 Å². The number of hydrogen-bond acceptors (Lipinski definition) is 2. The lowest BCUT2D eigenvalue weighted by Gasteiger charge is -2.20. The largest absolute Gasteiger partial charge is 0.386 e. The van der Waals surface area contributed by atoms with E-state index in [0.29, 0.717) is 17.7 Å². The number of nitrogens with one attached hydrogen (secondary N) is 1. The molecule has 2 aromatic rings. The number of rotatable bonds is 5. The molecule has 0 aliphatic heterocycles. The highest BCUT2D eigenvalue weighted by Crippen LogP contribution is 2.18. The Labute approximate surface area is 135 Å². The maximum absolute atomic E-state index is 13.5. The van der Waals surface area contributed by atoms with Crippen LogP contribution in [0.5, 0.6) is 0 Å². The van der Waals surface area contributed by atoms with Crippen LogP contribution in [-0.4, -0.2) is 17.1 Å². The summed E-state index contributed by atoms with van der Waals surface area (Å²) in [5, 5.41) is 12.5. The molecule has 0 spiro atoms. The third kappa shape index (κ3) is 4.32. The van der Waals surface area contributed by atoms with Crippen LogP contribution in [0.4, 0.5) is 17.6 Å². The van der Waals surface area contributed by atoms with Crippen molar-refractivity contribution in [2.24, 2.45) is 0 Å². The molecule has 0 bridgehead atoms. The van der Waals surface area contributed by atoms with Gasteiger partial charge in [-0.2, -0.15) is 0 Å². The van der Waals surface area contributed by atoms with E-state index in [1.54, 1.807) is 0 Å². The van der Waals surface area contributed by atoms with Gasteiger partial charge in [-0.3, -0.25) is 4.79 Å². The van der Waals surface area contributed by atoms with Gasteiger partial charge < -0.3 is 10.4 Å². The van der Waals surface area contributed by atoms with Gasteiger partial charge in [-0.25, -0.2) is 17.6 Å². The summed E-state index contributed by atoms with van der Waals surface area (Å²) in [5.41, 5.74) is 0.0954. The van der Waals surface area contributed by atoms with Gasteiger partial charge in [0, 0.05) is 11.6 Å². The van der Waals surface area contributed by atoms with Gasteiger partial charge in [-0.15, -0.1) is 0 Å². The van der Waals surface area contributed by atoms with Crippen LogP contribution in [0.15, 0.2) is 36.4 Å². The van der Waals surface area contributed by atoms with E-state index in [-0.39, 0.29) is 5.56 Å². The molecule has 0 saturated carbocycles. The predicted octanol–water partition coefficient (Wildman–Crippen LogP) is 3.02. The molecule has 3 nitrogen and oxygen atoms in total. The average molecular weight is 341 g/mol. The second-order valence-corrected chi connectivity index (χ2v) is 5.39. The summed E-state index contributed by atoms with van der Waals surface area (Å²) in [7, 11) is 0. The third-order valence-corrected chi connectivity index (χ3v) is 3.51. The maximum atomic E-state index is 13.5. The number of carbonyl (C=O) groups is 1. The number of amides is 1. The number of carbonyl (C=O) groups excluding carboxylic acids is 1. The topological polar surface area (TPSA) is 49.3 Å². The van der Waals surface area contributed by atoms with Gasteiger partial charge in [0.1, 0.15) is 11.6 Å². The van der Waals surface area contributed by atoms with Gasteiger partial charge in [-0.05, 0) is 30.7 Å². The van der Waals surface area contributed by atoms with Crippen LogP contribution in [0, 0.1) is 23.3 Å². The molecule has 0 heterocycles. The zero-order valence-electron chi connectivity index (χ0n) is 12.7. The lowest BCUT2D eigenvalue weighted by atomic mass is 10.0. The molecule has 2 rings (SSSR count). The first-order valence-electron chi connectivity index (χ1n) is 7.14. The third-order valence-electron chi connectivity index (χ3n) is 3.51. The van der Waals surface area contributed by atoms with Crippen molar-refractivity contribution in [3.63, 3.8) is 0 Å². The van der Waals surface area contributed by atoms with Crippen molar-refractivity contribution < 1.29 is 27.5 Å². The van der Waals surface area contributed by atoms with Gasteiger partial charge in [0.25, 0.3) is 0 Å². The second kappa shape index (κ2) is 7.44. The van der Waals surface area contributed by atoms with Gasteiger partial charge in [0.2, 0.25) is 5.91 Å². The first-order valence-corrected chi connectivity index (χ1v) is 7.14. The Morgan fingerprint density at radius 1 is 1.04 bits per heavy atom. The molecule has 2 aromatic carbocycles. The highest BCUT2D eigenvalue weighted by Gasteiger charge is 2.20. The molecular formula is C17H15F4NO2. The van der Waals surface area contributed by atoms with E-state index >= 15 is 0 Å². The van der Waals surface area contributed by atoms with Crippen LogP contribution < -0.4 is 5.32 Å². The van der Waals surface area contributed by atoms with Crippen molar-refractivity contribution >= 4 is 5.91 Å². The molecule has 0 aromatic heterocycles. The number of halogens is 4. The number of hydrogen-bond donors (Lipinski definition) is 2. The quantitative estimate of drug-likeness (QED) is 0.649. The zero-order chi connectivity index (χ0) is 17.9. The van der Waals surface area contributed by atoms with Crippen molar-refractivity contribution in [3.05, 3.63) is 70.8 Å². The molecular weight excluding hydrogens is 326 g/mol. The second-order valence-electron chi connectivity index (χ2n) is 5.39. The van der Waals surface area contributed by atoms with Crippen LogP contribution in [0.1, 0.15) is 24.2 Å². The van der Waals surface area contributed by atoms with E-state index in [4.69, 9.17) is 0 Å². The molecule has 7 heteroatoms. The molecule has 1 amide bonds. The number of aliphatic hydroxyl groups excluding tert-OH is 1. The summed E-state index contributed by atoms with van der Waals surface area (Å²) in [4.78, 5) is 11.9. The highest BCUT2D eigenvalue weighted by atomic mass is 19.2.